The summed E-state index contributed by atoms with van der Waals surface area (Å²) in [5, 5.41) is 23.3. The van der Waals surface area contributed by atoms with Gasteiger partial charge in [-0.3, -0.25) is 0 Å². The van der Waals surface area contributed by atoms with Crippen LogP contribution in [-0.4, -0.2) is 11.1 Å². The number of phenolic OH excluding ortho intramolecular Hbond substituents is 1. The maximum absolute atomic E-state index is 11.7. The molecule has 0 fully saturated rings. The van der Waals surface area contributed by atoms with Crippen LogP contribution >= 0.6 is 0 Å². The van der Waals surface area contributed by atoms with Crippen LogP contribution in [-0.2, 0) is 6.54 Å². The molecule has 0 aromatic heterocycles. The van der Waals surface area contributed by atoms with Gasteiger partial charge in [0, 0.05) is 12.2 Å². The van der Waals surface area contributed by atoms with Crippen LogP contribution in [0.3, 0.4) is 0 Å². The third-order valence-electron chi connectivity index (χ3n) is 2.64. The molecular formula is C15H13N3O2. The first-order valence-corrected chi connectivity index (χ1v) is 6.00. The summed E-state index contributed by atoms with van der Waals surface area (Å²) in [6, 6.07) is 14.9. The van der Waals surface area contributed by atoms with E-state index in [4.69, 9.17) is 10.4 Å². The Labute approximate surface area is 116 Å². The lowest BCUT2D eigenvalue weighted by Gasteiger charge is -2.08. The van der Waals surface area contributed by atoms with Gasteiger partial charge in [-0.15, -0.1) is 0 Å². The molecule has 0 saturated heterocycles. The second-order valence-electron chi connectivity index (χ2n) is 4.17. The van der Waals surface area contributed by atoms with Crippen LogP contribution in [0.2, 0.25) is 0 Å². The number of carbonyl (C=O) groups excluding carboxylic acids is 1. The van der Waals surface area contributed by atoms with Crippen LogP contribution in [0.1, 0.15) is 11.1 Å². The number of hydrogen-bond acceptors (Lipinski definition) is 3. The van der Waals surface area contributed by atoms with Gasteiger partial charge in [0.15, 0.2) is 0 Å². The third kappa shape index (κ3) is 3.75. The number of urea groups is 1. The molecule has 0 unspecified atom stereocenters. The molecule has 0 aliphatic rings. The van der Waals surface area contributed by atoms with Gasteiger partial charge in [-0.2, -0.15) is 5.26 Å². The van der Waals surface area contributed by atoms with Crippen molar-refractivity contribution in [3.8, 4) is 11.8 Å². The number of carbonyl (C=O) groups is 1. The molecule has 0 saturated carbocycles. The molecule has 2 aromatic rings. The summed E-state index contributed by atoms with van der Waals surface area (Å²) in [7, 11) is 0. The van der Waals surface area contributed by atoms with E-state index in [0.717, 1.165) is 5.56 Å². The molecule has 3 N–H and O–H groups in total. The minimum Gasteiger partial charge on any atom is -0.508 e. The second-order valence-corrected chi connectivity index (χ2v) is 4.17. The van der Waals surface area contributed by atoms with Crippen molar-refractivity contribution in [2.75, 3.05) is 5.32 Å². The first-order chi connectivity index (χ1) is 9.67. The average molecular weight is 267 g/mol. The van der Waals surface area contributed by atoms with E-state index in [2.05, 4.69) is 10.6 Å². The van der Waals surface area contributed by atoms with Crippen molar-refractivity contribution in [3.63, 3.8) is 0 Å². The highest BCUT2D eigenvalue weighted by Gasteiger charge is 2.02. The van der Waals surface area contributed by atoms with E-state index < -0.39 is 0 Å². The summed E-state index contributed by atoms with van der Waals surface area (Å²) in [6.45, 7) is 0.351. The van der Waals surface area contributed by atoms with Crippen molar-refractivity contribution in [2.45, 2.75) is 6.54 Å². The standard InChI is InChI=1S/C15H13N3O2/c16-9-12-2-1-3-13(8-12)18-15(20)17-10-11-4-6-14(19)7-5-11/h1-8,19H,10H2,(H2,17,18,20). The molecule has 20 heavy (non-hydrogen) atoms. The van der Waals surface area contributed by atoms with E-state index >= 15 is 0 Å². The number of hydrogen-bond donors (Lipinski definition) is 3. The van der Waals surface area contributed by atoms with Gasteiger partial charge >= 0.3 is 6.03 Å². The van der Waals surface area contributed by atoms with E-state index in [9.17, 15) is 4.79 Å². The fraction of sp³-hybridized carbons (Fsp3) is 0.0667. The first kappa shape index (κ1) is 13.4. The second kappa shape index (κ2) is 6.25. The molecule has 0 heterocycles. The van der Waals surface area contributed by atoms with Gasteiger partial charge in [0.05, 0.1) is 11.6 Å². The van der Waals surface area contributed by atoms with Crippen molar-refractivity contribution in [2.24, 2.45) is 0 Å². The van der Waals surface area contributed by atoms with Crippen LogP contribution in [0.5, 0.6) is 5.75 Å². The Morgan fingerprint density at radius 1 is 1.20 bits per heavy atom. The number of aromatic hydroxyl groups is 1. The van der Waals surface area contributed by atoms with Crippen LogP contribution < -0.4 is 10.6 Å². The molecule has 2 amide bonds. The fourth-order valence-corrected chi connectivity index (χ4v) is 1.64. The molecule has 0 spiro atoms. The van der Waals surface area contributed by atoms with Gasteiger partial charge in [0.25, 0.3) is 0 Å². The molecule has 0 radical (unpaired) electrons. The molecule has 2 aromatic carbocycles. The summed E-state index contributed by atoms with van der Waals surface area (Å²) in [5.74, 6) is 0.187. The minimum absolute atomic E-state index is 0.187. The summed E-state index contributed by atoms with van der Waals surface area (Å²) in [6.07, 6.45) is 0. The maximum Gasteiger partial charge on any atom is 0.319 e. The van der Waals surface area contributed by atoms with Crippen LogP contribution in [0, 0.1) is 11.3 Å². The topological polar surface area (TPSA) is 85.2 Å². The van der Waals surface area contributed by atoms with Crippen molar-refractivity contribution < 1.29 is 9.90 Å². The lowest BCUT2D eigenvalue weighted by molar-refractivity contribution is 0.251. The number of nitrogens with zero attached hydrogens (tertiary/aromatic N) is 1. The molecule has 0 aliphatic heterocycles. The summed E-state index contributed by atoms with van der Waals surface area (Å²) in [5.41, 5.74) is 1.93. The van der Waals surface area contributed by atoms with Crippen molar-refractivity contribution in [1.82, 2.24) is 5.32 Å². The highest BCUT2D eigenvalue weighted by molar-refractivity contribution is 5.89. The van der Waals surface area contributed by atoms with Crippen molar-refractivity contribution >= 4 is 11.7 Å². The van der Waals surface area contributed by atoms with Crippen molar-refractivity contribution in [3.05, 3.63) is 59.7 Å². The molecule has 5 nitrogen and oxygen atoms in total. The third-order valence-corrected chi connectivity index (χ3v) is 2.64. The molecule has 0 bridgehead atoms. The molecule has 2 rings (SSSR count). The summed E-state index contributed by atoms with van der Waals surface area (Å²) in [4.78, 5) is 11.7. The van der Waals surface area contributed by atoms with Crippen LogP contribution in [0.4, 0.5) is 10.5 Å². The Morgan fingerprint density at radius 2 is 1.95 bits per heavy atom. The zero-order valence-corrected chi connectivity index (χ0v) is 10.6. The summed E-state index contributed by atoms with van der Waals surface area (Å²) >= 11 is 0. The normalized spacial score (nSPS) is 9.55. The Hall–Kier alpha value is -3.00. The van der Waals surface area contributed by atoms with Gasteiger partial charge in [0.1, 0.15) is 5.75 Å². The molecule has 0 aliphatic carbocycles. The highest BCUT2D eigenvalue weighted by Crippen LogP contribution is 2.11. The molecule has 5 heteroatoms. The zero-order chi connectivity index (χ0) is 14.4. The highest BCUT2D eigenvalue weighted by atomic mass is 16.3. The maximum atomic E-state index is 11.7. The molecular weight excluding hydrogens is 254 g/mol. The number of nitriles is 1. The number of nitrogens with one attached hydrogen (secondary N) is 2. The van der Waals surface area contributed by atoms with Gasteiger partial charge in [-0.1, -0.05) is 18.2 Å². The SMILES string of the molecule is N#Cc1cccc(NC(=O)NCc2ccc(O)cc2)c1. The summed E-state index contributed by atoms with van der Waals surface area (Å²) < 4.78 is 0. The van der Waals surface area contributed by atoms with Gasteiger partial charge < -0.3 is 15.7 Å². The van der Waals surface area contributed by atoms with Gasteiger partial charge in [-0.05, 0) is 35.9 Å². The largest absolute Gasteiger partial charge is 0.508 e. The quantitative estimate of drug-likeness (QED) is 0.799. The minimum atomic E-state index is -0.354. The fourth-order valence-electron chi connectivity index (χ4n) is 1.64. The van der Waals surface area contributed by atoms with Crippen molar-refractivity contribution in [1.29, 1.82) is 5.26 Å². The Kier molecular flexibility index (Phi) is 4.20. The van der Waals surface area contributed by atoms with Crippen LogP contribution in [0.15, 0.2) is 48.5 Å². The lowest BCUT2D eigenvalue weighted by atomic mass is 10.2. The van der Waals surface area contributed by atoms with E-state index in [1.54, 1.807) is 48.5 Å². The number of anilines is 1. The predicted octanol–water partition coefficient (Wildman–Crippen LogP) is 2.59. The zero-order valence-electron chi connectivity index (χ0n) is 10.6. The monoisotopic (exact) mass is 267 g/mol. The van der Waals surface area contributed by atoms with E-state index in [1.165, 1.54) is 0 Å². The van der Waals surface area contributed by atoms with E-state index in [-0.39, 0.29) is 11.8 Å². The molecule has 0 atom stereocenters. The lowest BCUT2D eigenvalue weighted by Crippen LogP contribution is -2.28. The average Bonchev–Trinajstić information content (AvgIpc) is 2.47. The Balaban J connectivity index is 1.89. The Morgan fingerprint density at radius 3 is 2.65 bits per heavy atom. The van der Waals surface area contributed by atoms with Gasteiger partial charge in [-0.25, -0.2) is 4.79 Å². The molecule has 100 valence electrons. The number of amides is 2. The first-order valence-electron chi connectivity index (χ1n) is 6.00. The van der Waals surface area contributed by atoms with Gasteiger partial charge in [0.2, 0.25) is 0 Å². The number of benzene rings is 2. The smallest absolute Gasteiger partial charge is 0.319 e. The van der Waals surface area contributed by atoms with E-state index in [0.29, 0.717) is 17.8 Å². The van der Waals surface area contributed by atoms with E-state index in [1.807, 2.05) is 6.07 Å². The number of phenols is 1. The predicted molar refractivity (Wildman–Crippen MR) is 75.1 cm³/mol. The number of rotatable bonds is 3. The van der Waals surface area contributed by atoms with Crippen LogP contribution in [0.25, 0.3) is 0 Å². The Bertz CT molecular complexity index is 645.